The first-order valence-electron chi connectivity index (χ1n) is 12.7. The lowest BCUT2D eigenvalue weighted by Crippen LogP contribution is -2.52. The predicted octanol–water partition coefficient (Wildman–Crippen LogP) is 3.40. The number of amides is 3. The maximum atomic E-state index is 15.1. The number of morpholine rings is 1. The van der Waals surface area contributed by atoms with Crippen molar-refractivity contribution < 1.29 is 37.0 Å². The van der Waals surface area contributed by atoms with Crippen molar-refractivity contribution >= 4 is 34.2 Å². The van der Waals surface area contributed by atoms with E-state index in [1.807, 2.05) is 4.90 Å². The second-order valence-corrected chi connectivity index (χ2v) is 10.5. The maximum Gasteiger partial charge on any atom is 0.255 e. The third-order valence-electron chi connectivity index (χ3n) is 7.16. The van der Waals surface area contributed by atoms with Gasteiger partial charge in [-0.25, -0.2) is 13.8 Å². The zero-order valence-electron chi connectivity index (χ0n) is 21.0. The number of benzene rings is 2. The molecule has 2 saturated heterocycles. The summed E-state index contributed by atoms with van der Waals surface area (Å²) < 4.78 is 55.2. The number of hydrogen-bond acceptors (Lipinski definition) is 8. The molecule has 0 radical (unpaired) electrons. The summed E-state index contributed by atoms with van der Waals surface area (Å²) in [5.74, 6) is -5.02. The molecule has 0 saturated carbocycles. The third kappa shape index (κ3) is 4.79. The van der Waals surface area contributed by atoms with Crippen LogP contribution < -0.4 is 15.0 Å². The SMILES string of the molecule is O=C1CCC(N2Cc3cc(COc4c(-c5csc(N6CCOCC6)n5)ccc(F)c4F)c(F)cc3C2=O)C(=O)N1. The summed E-state index contributed by atoms with van der Waals surface area (Å²) in [5.41, 5.74) is 1.19. The van der Waals surface area contributed by atoms with Gasteiger partial charge >= 0.3 is 0 Å². The third-order valence-corrected chi connectivity index (χ3v) is 8.06. The van der Waals surface area contributed by atoms with Crippen molar-refractivity contribution in [2.75, 3.05) is 31.2 Å². The van der Waals surface area contributed by atoms with Gasteiger partial charge in [0.15, 0.2) is 16.7 Å². The van der Waals surface area contributed by atoms with E-state index in [2.05, 4.69) is 10.3 Å². The Hall–Kier alpha value is -3.97. The van der Waals surface area contributed by atoms with Crippen molar-refractivity contribution in [3.05, 3.63) is 63.8 Å². The Labute approximate surface area is 230 Å². The van der Waals surface area contributed by atoms with E-state index in [4.69, 9.17) is 9.47 Å². The van der Waals surface area contributed by atoms with Crippen LogP contribution in [-0.2, 0) is 27.5 Å². The Morgan fingerprint density at radius 1 is 1.07 bits per heavy atom. The van der Waals surface area contributed by atoms with Crippen LogP contribution in [-0.4, -0.2) is 60.0 Å². The van der Waals surface area contributed by atoms with Crippen LogP contribution in [0.5, 0.6) is 5.75 Å². The Morgan fingerprint density at radius 3 is 2.65 bits per heavy atom. The molecule has 0 spiro atoms. The normalized spacial score (nSPS) is 19.2. The van der Waals surface area contributed by atoms with Crippen LogP contribution in [0.1, 0.15) is 34.3 Å². The number of imide groups is 1. The molecule has 3 aromatic rings. The molecule has 6 rings (SSSR count). The number of anilines is 1. The molecule has 4 heterocycles. The van der Waals surface area contributed by atoms with Gasteiger partial charge in [-0.1, -0.05) is 0 Å². The summed E-state index contributed by atoms with van der Waals surface area (Å²) in [4.78, 5) is 44.6. The minimum atomic E-state index is -1.22. The number of hydrogen-bond donors (Lipinski definition) is 1. The fraction of sp³-hybridized carbons (Fsp3) is 0.333. The van der Waals surface area contributed by atoms with Crippen LogP contribution in [0.2, 0.25) is 0 Å². The van der Waals surface area contributed by atoms with Crippen LogP contribution in [0.25, 0.3) is 11.3 Å². The Morgan fingerprint density at radius 2 is 1.88 bits per heavy atom. The van der Waals surface area contributed by atoms with Gasteiger partial charge in [0.25, 0.3) is 5.91 Å². The van der Waals surface area contributed by atoms with Crippen LogP contribution in [0.3, 0.4) is 0 Å². The average molecular weight is 573 g/mol. The van der Waals surface area contributed by atoms with Gasteiger partial charge < -0.3 is 19.3 Å². The Bertz CT molecular complexity index is 1520. The van der Waals surface area contributed by atoms with Crippen molar-refractivity contribution in [3.8, 4) is 17.0 Å². The molecule has 1 unspecified atom stereocenters. The topological polar surface area (TPSA) is 101 Å². The van der Waals surface area contributed by atoms with Gasteiger partial charge in [-0.05, 0) is 36.2 Å². The molecular weight excluding hydrogens is 549 g/mol. The van der Waals surface area contributed by atoms with Gasteiger partial charge in [-0.15, -0.1) is 11.3 Å². The molecule has 9 nitrogen and oxygen atoms in total. The van der Waals surface area contributed by atoms with Crippen LogP contribution >= 0.6 is 11.3 Å². The van der Waals surface area contributed by atoms with Gasteiger partial charge in [-0.2, -0.15) is 4.39 Å². The average Bonchev–Trinajstić information content (AvgIpc) is 3.55. The molecule has 1 atom stereocenters. The summed E-state index contributed by atoms with van der Waals surface area (Å²) in [6.45, 7) is 2.05. The molecule has 1 aromatic heterocycles. The van der Waals surface area contributed by atoms with E-state index >= 15 is 4.39 Å². The number of halogens is 3. The lowest BCUT2D eigenvalue weighted by molar-refractivity contribution is -0.136. The van der Waals surface area contributed by atoms with Crippen molar-refractivity contribution in [3.63, 3.8) is 0 Å². The Kier molecular flexibility index (Phi) is 6.92. The summed E-state index contributed by atoms with van der Waals surface area (Å²) in [6, 6.07) is 3.98. The number of nitrogens with zero attached hydrogens (tertiary/aromatic N) is 3. The van der Waals surface area contributed by atoms with E-state index in [1.54, 1.807) is 5.38 Å². The van der Waals surface area contributed by atoms with Crippen molar-refractivity contribution in [2.24, 2.45) is 0 Å². The molecule has 3 aliphatic heterocycles. The van der Waals surface area contributed by atoms with Crippen molar-refractivity contribution in [2.45, 2.75) is 32.0 Å². The highest BCUT2D eigenvalue weighted by atomic mass is 32.1. The van der Waals surface area contributed by atoms with Crippen LogP contribution in [0.15, 0.2) is 29.6 Å². The first-order valence-corrected chi connectivity index (χ1v) is 13.5. The van der Waals surface area contributed by atoms with Gasteiger partial charge in [0.05, 0.1) is 18.9 Å². The number of nitrogens with one attached hydrogen (secondary N) is 1. The molecule has 0 aliphatic carbocycles. The number of aromatic nitrogens is 1. The first kappa shape index (κ1) is 26.3. The number of carbonyl (C=O) groups is 3. The highest BCUT2D eigenvalue weighted by Gasteiger charge is 2.39. The van der Waals surface area contributed by atoms with E-state index < -0.39 is 53.6 Å². The van der Waals surface area contributed by atoms with Gasteiger partial charge in [0.2, 0.25) is 17.6 Å². The van der Waals surface area contributed by atoms with E-state index in [0.29, 0.717) is 42.7 Å². The molecule has 2 aromatic carbocycles. The largest absolute Gasteiger partial charge is 0.485 e. The monoisotopic (exact) mass is 572 g/mol. The number of fused-ring (bicyclic) bond motifs is 1. The quantitative estimate of drug-likeness (QED) is 0.452. The molecular formula is C27H23F3N4O5S. The predicted molar refractivity (Wildman–Crippen MR) is 137 cm³/mol. The minimum absolute atomic E-state index is 0.0265. The smallest absolute Gasteiger partial charge is 0.255 e. The van der Waals surface area contributed by atoms with Crippen molar-refractivity contribution in [1.82, 2.24) is 15.2 Å². The van der Waals surface area contributed by atoms with Gasteiger partial charge in [0, 0.05) is 48.1 Å². The van der Waals surface area contributed by atoms with E-state index in [9.17, 15) is 23.2 Å². The van der Waals surface area contributed by atoms with Crippen LogP contribution in [0, 0.1) is 17.5 Å². The second-order valence-electron chi connectivity index (χ2n) is 9.64. The highest BCUT2D eigenvalue weighted by Crippen LogP contribution is 2.37. The van der Waals surface area contributed by atoms with Crippen molar-refractivity contribution in [1.29, 1.82) is 0 Å². The molecule has 3 amide bonds. The second kappa shape index (κ2) is 10.5. The summed E-state index contributed by atoms with van der Waals surface area (Å²) in [6.07, 6.45) is 0.271. The number of piperidine rings is 1. The lowest BCUT2D eigenvalue weighted by Gasteiger charge is -2.29. The molecule has 1 N–H and O–H groups in total. The summed E-state index contributed by atoms with van der Waals surface area (Å²) in [7, 11) is 0. The molecule has 13 heteroatoms. The first-order chi connectivity index (χ1) is 19.3. The van der Waals surface area contributed by atoms with E-state index in [0.717, 1.165) is 12.1 Å². The Balaban J connectivity index is 1.23. The maximum absolute atomic E-state index is 15.1. The fourth-order valence-corrected chi connectivity index (χ4v) is 5.94. The zero-order valence-corrected chi connectivity index (χ0v) is 21.9. The molecule has 208 valence electrons. The van der Waals surface area contributed by atoms with E-state index in [1.165, 1.54) is 28.4 Å². The summed E-state index contributed by atoms with van der Waals surface area (Å²) in [5, 5.41) is 4.65. The van der Waals surface area contributed by atoms with Gasteiger partial charge in [-0.3, -0.25) is 19.7 Å². The standard InChI is InChI=1S/C27H23F3N4O5S/c28-18-2-1-16(20-13-40-27(31-20)33-5-7-38-8-6-33)24(23(18)30)39-12-15-9-14-11-34(26(37)17(14)10-19(15)29)21-3-4-22(35)32-25(21)36/h1-2,9-10,13,21H,3-8,11-12H2,(H,32,35,36). The minimum Gasteiger partial charge on any atom is -0.485 e. The zero-order chi connectivity index (χ0) is 28.0. The van der Waals surface area contributed by atoms with Gasteiger partial charge in [0.1, 0.15) is 18.5 Å². The molecule has 2 fully saturated rings. The number of ether oxygens (including phenoxy) is 2. The molecule has 0 bridgehead atoms. The number of carbonyl (C=O) groups excluding carboxylic acids is 3. The number of rotatable bonds is 6. The lowest BCUT2D eigenvalue weighted by atomic mass is 10.0. The van der Waals surface area contributed by atoms with Crippen LogP contribution in [0.4, 0.5) is 18.3 Å². The number of thiazole rings is 1. The molecule has 40 heavy (non-hydrogen) atoms. The fourth-order valence-electron chi connectivity index (χ4n) is 5.06. The highest BCUT2D eigenvalue weighted by molar-refractivity contribution is 7.14. The van der Waals surface area contributed by atoms with E-state index in [-0.39, 0.29) is 36.1 Å². The molecule has 3 aliphatic rings. The summed E-state index contributed by atoms with van der Waals surface area (Å²) >= 11 is 1.36.